The molecule has 134 valence electrons. The summed E-state index contributed by atoms with van der Waals surface area (Å²) in [4.78, 5) is 26.4. The van der Waals surface area contributed by atoms with Crippen LogP contribution in [0.2, 0.25) is 0 Å². The molecule has 0 unspecified atom stereocenters. The summed E-state index contributed by atoms with van der Waals surface area (Å²) in [5, 5.41) is 0. The van der Waals surface area contributed by atoms with Crippen molar-refractivity contribution >= 4 is 0 Å². The van der Waals surface area contributed by atoms with Crippen molar-refractivity contribution in [3.8, 4) is 11.4 Å². The number of hydrogen-bond donors (Lipinski definition) is 0. The van der Waals surface area contributed by atoms with Gasteiger partial charge in [0, 0.05) is 0 Å². The zero-order chi connectivity index (χ0) is 18.8. The SMILES string of the molecule is Cc1cccc(Cn2c(=O)n(-c3ccccc3)n(-c3ccccc3)c2=O)c1. The first-order chi connectivity index (χ1) is 13.1. The quantitative estimate of drug-likeness (QED) is 0.563. The lowest BCUT2D eigenvalue weighted by molar-refractivity contribution is 0.706. The van der Waals surface area contributed by atoms with E-state index in [1.807, 2.05) is 91.9 Å². The Hall–Kier alpha value is -3.60. The van der Waals surface area contributed by atoms with Crippen molar-refractivity contribution in [1.82, 2.24) is 13.9 Å². The van der Waals surface area contributed by atoms with E-state index in [2.05, 4.69) is 0 Å². The van der Waals surface area contributed by atoms with Crippen molar-refractivity contribution < 1.29 is 0 Å². The second-order valence-corrected chi connectivity index (χ2v) is 6.44. The lowest BCUT2D eigenvalue weighted by Gasteiger charge is -2.08. The van der Waals surface area contributed by atoms with Gasteiger partial charge in [-0.15, -0.1) is 0 Å². The number of aromatic nitrogens is 3. The molecule has 27 heavy (non-hydrogen) atoms. The largest absolute Gasteiger partial charge is 0.352 e. The molecule has 0 radical (unpaired) electrons. The molecule has 0 aliphatic heterocycles. The molecule has 0 aliphatic rings. The standard InChI is InChI=1S/C22H19N3O2/c1-17-9-8-10-18(15-17)16-23-21(26)24(19-11-4-2-5-12-19)25(22(23)27)20-13-6-3-7-14-20/h2-15H,16H2,1H3. The minimum Gasteiger partial charge on any atom is -0.245 e. The first kappa shape index (κ1) is 16.8. The van der Waals surface area contributed by atoms with Gasteiger partial charge in [0.2, 0.25) is 0 Å². The lowest BCUT2D eigenvalue weighted by Crippen LogP contribution is -2.29. The Morgan fingerprint density at radius 3 is 1.67 bits per heavy atom. The van der Waals surface area contributed by atoms with E-state index in [1.54, 1.807) is 0 Å². The third-order valence-electron chi connectivity index (χ3n) is 4.45. The van der Waals surface area contributed by atoms with Crippen LogP contribution < -0.4 is 11.4 Å². The molecule has 4 aromatic rings. The van der Waals surface area contributed by atoms with Crippen molar-refractivity contribution in [2.75, 3.05) is 0 Å². The lowest BCUT2D eigenvalue weighted by atomic mass is 10.1. The van der Waals surface area contributed by atoms with Gasteiger partial charge in [0.1, 0.15) is 0 Å². The molecular weight excluding hydrogens is 338 g/mol. The highest BCUT2D eigenvalue weighted by Gasteiger charge is 2.18. The van der Waals surface area contributed by atoms with E-state index in [1.165, 1.54) is 13.9 Å². The molecule has 0 saturated carbocycles. The van der Waals surface area contributed by atoms with Crippen molar-refractivity contribution in [2.45, 2.75) is 13.5 Å². The summed E-state index contributed by atoms with van der Waals surface area (Å²) in [6, 6.07) is 26.2. The smallest absolute Gasteiger partial charge is 0.245 e. The number of benzene rings is 3. The molecule has 0 fully saturated rings. The van der Waals surface area contributed by atoms with Gasteiger partial charge in [-0.05, 0) is 36.8 Å². The molecule has 5 nitrogen and oxygen atoms in total. The van der Waals surface area contributed by atoms with Gasteiger partial charge in [0.05, 0.1) is 17.9 Å². The van der Waals surface area contributed by atoms with Crippen molar-refractivity contribution in [1.29, 1.82) is 0 Å². The Labute approximate surface area is 156 Å². The maximum Gasteiger partial charge on any atom is 0.352 e. The molecule has 0 spiro atoms. The second-order valence-electron chi connectivity index (χ2n) is 6.44. The number of nitrogens with zero attached hydrogens (tertiary/aromatic N) is 3. The maximum atomic E-state index is 13.2. The highest BCUT2D eigenvalue weighted by Crippen LogP contribution is 2.10. The molecule has 0 bridgehead atoms. The molecule has 1 aromatic heterocycles. The van der Waals surface area contributed by atoms with Crippen LogP contribution in [0.4, 0.5) is 0 Å². The molecule has 0 atom stereocenters. The van der Waals surface area contributed by atoms with E-state index in [4.69, 9.17) is 0 Å². The van der Waals surface area contributed by atoms with Crippen molar-refractivity contribution in [3.63, 3.8) is 0 Å². The van der Waals surface area contributed by atoms with Crippen LogP contribution in [0.25, 0.3) is 11.4 Å². The normalized spacial score (nSPS) is 10.9. The van der Waals surface area contributed by atoms with Crippen LogP contribution in [0.5, 0.6) is 0 Å². The van der Waals surface area contributed by atoms with E-state index in [0.717, 1.165) is 11.1 Å². The average molecular weight is 357 g/mol. The minimum atomic E-state index is -0.364. The average Bonchev–Trinajstić information content (AvgIpc) is 2.94. The van der Waals surface area contributed by atoms with Crippen LogP contribution in [0.15, 0.2) is 94.5 Å². The summed E-state index contributed by atoms with van der Waals surface area (Å²) in [5.74, 6) is 0. The Morgan fingerprint density at radius 2 is 1.19 bits per heavy atom. The fraction of sp³-hybridized carbons (Fsp3) is 0.0909. The van der Waals surface area contributed by atoms with E-state index in [-0.39, 0.29) is 17.9 Å². The first-order valence-electron chi connectivity index (χ1n) is 8.76. The van der Waals surface area contributed by atoms with Gasteiger partial charge in [0.25, 0.3) is 0 Å². The van der Waals surface area contributed by atoms with Gasteiger partial charge in [0.15, 0.2) is 0 Å². The van der Waals surface area contributed by atoms with Crippen LogP contribution in [0.3, 0.4) is 0 Å². The van der Waals surface area contributed by atoms with E-state index < -0.39 is 0 Å². The Morgan fingerprint density at radius 1 is 0.667 bits per heavy atom. The molecule has 3 aromatic carbocycles. The summed E-state index contributed by atoms with van der Waals surface area (Å²) in [6.07, 6.45) is 0. The van der Waals surface area contributed by atoms with Gasteiger partial charge >= 0.3 is 11.4 Å². The van der Waals surface area contributed by atoms with Crippen molar-refractivity contribution in [2.24, 2.45) is 0 Å². The third-order valence-corrected chi connectivity index (χ3v) is 4.45. The summed E-state index contributed by atoms with van der Waals surface area (Å²) in [6.45, 7) is 2.22. The number of aryl methyl sites for hydroxylation is 1. The third kappa shape index (κ3) is 3.15. The van der Waals surface area contributed by atoms with Gasteiger partial charge < -0.3 is 0 Å². The zero-order valence-electron chi connectivity index (χ0n) is 14.9. The molecule has 0 saturated heterocycles. The van der Waals surface area contributed by atoms with Crippen LogP contribution >= 0.6 is 0 Å². The summed E-state index contributed by atoms with van der Waals surface area (Å²) in [5.41, 5.74) is 2.57. The summed E-state index contributed by atoms with van der Waals surface area (Å²) in [7, 11) is 0. The highest BCUT2D eigenvalue weighted by atomic mass is 16.2. The Bertz CT molecular complexity index is 1110. The summed E-state index contributed by atoms with van der Waals surface area (Å²) < 4.78 is 4.12. The van der Waals surface area contributed by atoms with Crippen molar-refractivity contribution in [3.05, 3.63) is 117 Å². The highest BCUT2D eigenvalue weighted by molar-refractivity contribution is 5.35. The minimum absolute atomic E-state index is 0.228. The second kappa shape index (κ2) is 6.96. The van der Waals surface area contributed by atoms with Gasteiger partial charge in [-0.25, -0.2) is 14.2 Å². The molecule has 0 aliphatic carbocycles. The number of hydrogen-bond acceptors (Lipinski definition) is 2. The maximum absolute atomic E-state index is 13.2. The summed E-state index contributed by atoms with van der Waals surface area (Å²) >= 11 is 0. The van der Waals surface area contributed by atoms with Crippen LogP contribution in [-0.2, 0) is 6.54 Å². The monoisotopic (exact) mass is 357 g/mol. The topological polar surface area (TPSA) is 48.9 Å². The van der Waals surface area contributed by atoms with Gasteiger partial charge in [-0.3, -0.25) is 0 Å². The molecule has 0 amide bonds. The Kier molecular flexibility index (Phi) is 4.34. The van der Waals surface area contributed by atoms with E-state index >= 15 is 0 Å². The number of para-hydroxylation sites is 2. The molecular formula is C22H19N3O2. The molecule has 0 N–H and O–H groups in total. The number of rotatable bonds is 4. The van der Waals surface area contributed by atoms with E-state index in [0.29, 0.717) is 11.4 Å². The predicted molar refractivity (Wildman–Crippen MR) is 106 cm³/mol. The predicted octanol–water partition coefficient (Wildman–Crippen LogP) is 3.15. The zero-order valence-corrected chi connectivity index (χ0v) is 14.9. The molecule has 1 heterocycles. The molecule has 5 heteroatoms. The van der Waals surface area contributed by atoms with Crippen LogP contribution in [0.1, 0.15) is 11.1 Å². The van der Waals surface area contributed by atoms with Gasteiger partial charge in [-0.1, -0.05) is 66.2 Å². The fourth-order valence-electron chi connectivity index (χ4n) is 3.20. The molecule has 4 rings (SSSR count). The first-order valence-corrected chi connectivity index (χ1v) is 8.76. The fourth-order valence-corrected chi connectivity index (χ4v) is 3.20. The van der Waals surface area contributed by atoms with E-state index in [9.17, 15) is 9.59 Å². The Balaban J connectivity index is 1.95. The van der Waals surface area contributed by atoms with Gasteiger partial charge in [-0.2, -0.15) is 9.36 Å². The van der Waals surface area contributed by atoms with Crippen LogP contribution in [0, 0.1) is 6.92 Å². The van der Waals surface area contributed by atoms with Crippen LogP contribution in [-0.4, -0.2) is 13.9 Å².